The van der Waals surface area contributed by atoms with E-state index in [4.69, 9.17) is 10.5 Å². The maximum Gasteiger partial charge on any atom is 0.320 e. The molecule has 1 atom stereocenters. The molecule has 0 spiro atoms. The number of fused-ring (bicyclic) bond motifs is 1. The van der Waals surface area contributed by atoms with E-state index in [0.717, 1.165) is 13.0 Å². The zero-order chi connectivity index (χ0) is 13.8. The van der Waals surface area contributed by atoms with Crippen molar-refractivity contribution in [2.24, 2.45) is 5.73 Å². The van der Waals surface area contributed by atoms with E-state index < -0.39 is 0 Å². The van der Waals surface area contributed by atoms with Crippen LogP contribution in [0.4, 0.5) is 0 Å². The first-order valence-electron chi connectivity index (χ1n) is 6.83. The van der Waals surface area contributed by atoms with Crippen LogP contribution < -0.4 is 5.73 Å². The third-order valence-electron chi connectivity index (χ3n) is 3.45. The van der Waals surface area contributed by atoms with Gasteiger partial charge in [-0.25, -0.2) is 0 Å². The summed E-state index contributed by atoms with van der Waals surface area (Å²) >= 11 is 0. The highest BCUT2D eigenvalue weighted by atomic mass is 16.5. The lowest BCUT2D eigenvalue weighted by molar-refractivity contribution is -0.149. The van der Waals surface area contributed by atoms with Gasteiger partial charge in [0, 0.05) is 19.1 Å². The molecular formula is C15H22N2O2. The number of carbonyl (C=O) groups excluding carboxylic acids is 1. The standard InChI is InChI=1S/C15H22N2O2/c1-11(2)19-15(18)10-17-8-7-12-5-3-4-6-13(12)14(17)9-16/h3-6,11,14H,7-10,16H2,1-2H3. The minimum atomic E-state index is -0.173. The van der Waals surface area contributed by atoms with Crippen molar-refractivity contribution < 1.29 is 9.53 Å². The Morgan fingerprint density at radius 1 is 1.47 bits per heavy atom. The van der Waals surface area contributed by atoms with Crippen LogP contribution in [0.3, 0.4) is 0 Å². The number of nitrogens with two attached hydrogens (primary N) is 1. The zero-order valence-electron chi connectivity index (χ0n) is 11.6. The summed E-state index contributed by atoms with van der Waals surface area (Å²) in [6, 6.07) is 8.44. The molecule has 1 heterocycles. The van der Waals surface area contributed by atoms with Crippen molar-refractivity contribution in [1.82, 2.24) is 4.90 Å². The minimum Gasteiger partial charge on any atom is -0.462 e. The Morgan fingerprint density at radius 2 is 2.21 bits per heavy atom. The van der Waals surface area contributed by atoms with E-state index in [1.165, 1.54) is 11.1 Å². The quantitative estimate of drug-likeness (QED) is 0.835. The molecule has 2 rings (SSSR count). The topological polar surface area (TPSA) is 55.6 Å². The molecule has 1 unspecified atom stereocenters. The van der Waals surface area contributed by atoms with Crippen molar-refractivity contribution in [2.75, 3.05) is 19.6 Å². The average molecular weight is 262 g/mol. The molecule has 4 nitrogen and oxygen atoms in total. The van der Waals surface area contributed by atoms with Crippen LogP contribution in [-0.4, -0.2) is 36.6 Å². The van der Waals surface area contributed by atoms with Gasteiger partial charge in [0.25, 0.3) is 0 Å². The highest BCUT2D eigenvalue weighted by Crippen LogP contribution is 2.28. The molecule has 0 radical (unpaired) electrons. The van der Waals surface area contributed by atoms with Crippen LogP contribution in [0.15, 0.2) is 24.3 Å². The maximum atomic E-state index is 11.8. The lowest BCUT2D eigenvalue weighted by atomic mass is 9.92. The van der Waals surface area contributed by atoms with E-state index in [1.807, 2.05) is 19.9 Å². The fourth-order valence-corrected chi connectivity index (χ4v) is 2.63. The van der Waals surface area contributed by atoms with Crippen molar-refractivity contribution in [3.8, 4) is 0 Å². The molecule has 1 aliphatic rings. The van der Waals surface area contributed by atoms with Gasteiger partial charge in [0.05, 0.1) is 12.6 Å². The Bertz CT molecular complexity index is 446. The van der Waals surface area contributed by atoms with Gasteiger partial charge in [0.1, 0.15) is 0 Å². The second-order valence-corrected chi connectivity index (χ2v) is 5.21. The molecule has 0 saturated heterocycles. The van der Waals surface area contributed by atoms with Crippen molar-refractivity contribution in [1.29, 1.82) is 0 Å². The van der Waals surface area contributed by atoms with Gasteiger partial charge >= 0.3 is 5.97 Å². The lowest BCUT2D eigenvalue weighted by Gasteiger charge is -2.36. The molecule has 0 aliphatic carbocycles. The summed E-state index contributed by atoms with van der Waals surface area (Å²) in [5, 5.41) is 0. The van der Waals surface area contributed by atoms with Crippen molar-refractivity contribution in [3.05, 3.63) is 35.4 Å². The molecule has 0 saturated carbocycles. The van der Waals surface area contributed by atoms with Crippen molar-refractivity contribution >= 4 is 5.97 Å². The van der Waals surface area contributed by atoms with Crippen LogP contribution in [0.5, 0.6) is 0 Å². The summed E-state index contributed by atoms with van der Waals surface area (Å²) < 4.78 is 5.21. The van der Waals surface area contributed by atoms with E-state index in [1.54, 1.807) is 0 Å². The Balaban J connectivity index is 2.09. The lowest BCUT2D eigenvalue weighted by Crippen LogP contribution is -2.42. The number of nitrogens with zero attached hydrogens (tertiary/aromatic N) is 1. The predicted octanol–water partition coefficient (Wildman–Crippen LogP) is 1.50. The number of hydrogen-bond donors (Lipinski definition) is 1. The Morgan fingerprint density at radius 3 is 2.89 bits per heavy atom. The third-order valence-corrected chi connectivity index (χ3v) is 3.45. The Labute approximate surface area is 114 Å². The van der Waals surface area contributed by atoms with Gasteiger partial charge in [-0.15, -0.1) is 0 Å². The van der Waals surface area contributed by atoms with Crippen LogP contribution in [0.2, 0.25) is 0 Å². The fourth-order valence-electron chi connectivity index (χ4n) is 2.63. The summed E-state index contributed by atoms with van der Waals surface area (Å²) in [4.78, 5) is 13.9. The number of rotatable bonds is 4. The van der Waals surface area contributed by atoms with Crippen LogP contribution in [0.25, 0.3) is 0 Å². The van der Waals surface area contributed by atoms with Gasteiger partial charge in [0.15, 0.2) is 0 Å². The SMILES string of the molecule is CC(C)OC(=O)CN1CCc2ccccc2C1CN. The molecule has 0 fully saturated rings. The van der Waals surface area contributed by atoms with Crippen LogP contribution >= 0.6 is 0 Å². The first kappa shape index (κ1) is 14.0. The summed E-state index contributed by atoms with van der Waals surface area (Å²) in [5.74, 6) is -0.173. The first-order chi connectivity index (χ1) is 9.11. The number of esters is 1. The molecular weight excluding hydrogens is 240 g/mol. The smallest absolute Gasteiger partial charge is 0.320 e. The number of carbonyl (C=O) groups is 1. The monoisotopic (exact) mass is 262 g/mol. The van der Waals surface area contributed by atoms with Crippen LogP contribution in [0.1, 0.15) is 31.0 Å². The molecule has 0 amide bonds. The second-order valence-electron chi connectivity index (χ2n) is 5.21. The first-order valence-corrected chi connectivity index (χ1v) is 6.83. The van der Waals surface area contributed by atoms with E-state index in [0.29, 0.717) is 13.1 Å². The minimum absolute atomic E-state index is 0.0686. The molecule has 1 aliphatic heterocycles. The summed E-state index contributed by atoms with van der Waals surface area (Å²) in [5.41, 5.74) is 8.48. The zero-order valence-corrected chi connectivity index (χ0v) is 11.6. The van der Waals surface area contributed by atoms with E-state index in [2.05, 4.69) is 23.1 Å². The summed E-state index contributed by atoms with van der Waals surface area (Å²) in [7, 11) is 0. The van der Waals surface area contributed by atoms with E-state index >= 15 is 0 Å². The Kier molecular flexibility index (Phi) is 4.56. The van der Waals surface area contributed by atoms with Gasteiger partial charge < -0.3 is 10.5 Å². The molecule has 0 aromatic heterocycles. The van der Waals surface area contributed by atoms with E-state index in [9.17, 15) is 4.79 Å². The van der Waals surface area contributed by atoms with Gasteiger partial charge in [-0.05, 0) is 31.4 Å². The number of hydrogen-bond acceptors (Lipinski definition) is 4. The van der Waals surface area contributed by atoms with Gasteiger partial charge in [-0.3, -0.25) is 9.69 Å². The third kappa shape index (κ3) is 3.33. The van der Waals surface area contributed by atoms with Crippen molar-refractivity contribution in [2.45, 2.75) is 32.4 Å². The van der Waals surface area contributed by atoms with Gasteiger partial charge in [-0.1, -0.05) is 24.3 Å². The Hall–Kier alpha value is -1.39. The molecule has 4 heteroatoms. The number of ether oxygens (including phenoxy) is 1. The molecule has 1 aromatic carbocycles. The second kappa shape index (κ2) is 6.17. The molecule has 19 heavy (non-hydrogen) atoms. The van der Waals surface area contributed by atoms with Gasteiger partial charge in [0.2, 0.25) is 0 Å². The maximum absolute atomic E-state index is 11.8. The fraction of sp³-hybridized carbons (Fsp3) is 0.533. The van der Waals surface area contributed by atoms with Gasteiger partial charge in [-0.2, -0.15) is 0 Å². The highest BCUT2D eigenvalue weighted by molar-refractivity contribution is 5.72. The predicted molar refractivity (Wildman–Crippen MR) is 74.7 cm³/mol. The molecule has 0 bridgehead atoms. The molecule has 1 aromatic rings. The van der Waals surface area contributed by atoms with Crippen LogP contribution in [0, 0.1) is 0 Å². The molecule has 2 N–H and O–H groups in total. The van der Waals surface area contributed by atoms with E-state index in [-0.39, 0.29) is 18.1 Å². The average Bonchev–Trinajstić information content (AvgIpc) is 2.37. The highest BCUT2D eigenvalue weighted by Gasteiger charge is 2.27. The molecule has 104 valence electrons. The summed E-state index contributed by atoms with van der Waals surface area (Å²) in [6.07, 6.45) is 0.891. The largest absolute Gasteiger partial charge is 0.462 e. The van der Waals surface area contributed by atoms with Crippen molar-refractivity contribution in [3.63, 3.8) is 0 Å². The number of benzene rings is 1. The van der Waals surface area contributed by atoms with Crippen LogP contribution in [-0.2, 0) is 16.0 Å². The summed E-state index contributed by atoms with van der Waals surface area (Å²) in [6.45, 7) is 5.42. The normalized spacial score (nSPS) is 19.3.